The van der Waals surface area contributed by atoms with Crippen LogP contribution in [0.1, 0.15) is 46.8 Å². The Morgan fingerprint density at radius 1 is 1.10 bits per heavy atom. The molecule has 2 unspecified atom stereocenters. The van der Waals surface area contributed by atoms with Crippen molar-refractivity contribution in [2.75, 3.05) is 13.2 Å². The predicted molar refractivity (Wildman–Crippen MR) is 86.8 cm³/mol. The largest absolute Gasteiger partial charge is 0.373 e. The highest BCUT2D eigenvalue weighted by atomic mass is 16.5. The van der Waals surface area contributed by atoms with Gasteiger partial charge in [-0.25, -0.2) is 0 Å². The van der Waals surface area contributed by atoms with Crippen molar-refractivity contribution in [2.45, 2.75) is 40.5 Å². The molecule has 0 fully saturated rings. The Hall–Kier alpha value is -1.41. The summed E-state index contributed by atoms with van der Waals surface area (Å²) in [5.74, 6) is 1.28. The summed E-state index contributed by atoms with van der Waals surface area (Å²) in [5, 5.41) is 0. The van der Waals surface area contributed by atoms with Crippen molar-refractivity contribution < 1.29 is 9.53 Å². The van der Waals surface area contributed by atoms with Gasteiger partial charge < -0.3 is 4.74 Å². The minimum atomic E-state index is 0.0922. The second-order valence-electron chi connectivity index (χ2n) is 6.37. The van der Waals surface area contributed by atoms with Gasteiger partial charge in [-0.05, 0) is 68.2 Å². The monoisotopic (exact) mass is 286 g/mol. The first-order chi connectivity index (χ1) is 9.99. The number of aryl methyl sites for hydroxylation is 3. The first kappa shape index (κ1) is 16.0. The van der Waals surface area contributed by atoms with Crippen molar-refractivity contribution in [3.8, 4) is 0 Å². The van der Waals surface area contributed by atoms with Gasteiger partial charge in [-0.2, -0.15) is 0 Å². The molecule has 1 aromatic rings. The Balaban J connectivity index is 1.90. The van der Waals surface area contributed by atoms with E-state index in [1.54, 1.807) is 0 Å². The van der Waals surface area contributed by atoms with Gasteiger partial charge in [0.1, 0.15) is 6.61 Å². The number of allylic oxidation sites excluding steroid dienone is 2. The van der Waals surface area contributed by atoms with Gasteiger partial charge in [0.05, 0.1) is 6.61 Å². The maximum atomic E-state index is 12.3. The fraction of sp³-hybridized carbons (Fsp3) is 0.526. The van der Waals surface area contributed by atoms with E-state index in [0.29, 0.717) is 18.4 Å². The molecule has 0 heterocycles. The summed E-state index contributed by atoms with van der Waals surface area (Å²) in [6, 6.07) is 4.07. The molecule has 2 atom stereocenters. The zero-order chi connectivity index (χ0) is 15.4. The highest BCUT2D eigenvalue weighted by Crippen LogP contribution is 2.25. The van der Waals surface area contributed by atoms with E-state index in [0.717, 1.165) is 29.5 Å². The van der Waals surface area contributed by atoms with Crippen LogP contribution >= 0.6 is 0 Å². The SMILES string of the molecule is Cc1cc(C)c(C(=O)COCC2CC=CCC2C)cc1C. The van der Waals surface area contributed by atoms with Crippen LogP contribution < -0.4 is 0 Å². The van der Waals surface area contributed by atoms with E-state index >= 15 is 0 Å². The molecule has 0 spiro atoms. The van der Waals surface area contributed by atoms with Crippen LogP contribution in [0.15, 0.2) is 24.3 Å². The van der Waals surface area contributed by atoms with Gasteiger partial charge in [0.15, 0.2) is 5.78 Å². The molecule has 1 aliphatic rings. The molecule has 21 heavy (non-hydrogen) atoms. The quantitative estimate of drug-likeness (QED) is 0.592. The minimum Gasteiger partial charge on any atom is -0.373 e. The molecular formula is C19H26O2. The van der Waals surface area contributed by atoms with Crippen LogP contribution in [0, 0.1) is 32.6 Å². The summed E-state index contributed by atoms with van der Waals surface area (Å²) in [7, 11) is 0. The lowest BCUT2D eigenvalue weighted by Gasteiger charge is -2.24. The van der Waals surface area contributed by atoms with Gasteiger partial charge in [-0.1, -0.05) is 25.1 Å². The van der Waals surface area contributed by atoms with Crippen LogP contribution in [0.3, 0.4) is 0 Å². The van der Waals surface area contributed by atoms with Crippen LogP contribution in [0.25, 0.3) is 0 Å². The third kappa shape index (κ3) is 4.04. The first-order valence-corrected chi connectivity index (χ1v) is 7.82. The molecule has 2 heteroatoms. The van der Waals surface area contributed by atoms with E-state index in [1.165, 1.54) is 5.56 Å². The second-order valence-corrected chi connectivity index (χ2v) is 6.37. The number of benzene rings is 1. The number of rotatable bonds is 5. The summed E-state index contributed by atoms with van der Waals surface area (Å²) in [4.78, 5) is 12.3. The molecule has 0 saturated heterocycles. The third-order valence-corrected chi connectivity index (χ3v) is 4.62. The van der Waals surface area contributed by atoms with Crippen molar-refractivity contribution >= 4 is 5.78 Å². The van der Waals surface area contributed by atoms with Crippen LogP contribution in [0.4, 0.5) is 0 Å². The maximum Gasteiger partial charge on any atom is 0.188 e. The molecule has 1 aromatic carbocycles. The Bertz CT molecular complexity index is 543. The van der Waals surface area contributed by atoms with Gasteiger partial charge in [0.25, 0.3) is 0 Å². The third-order valence-electron chi connectivity index (χ3n) is 4.62. The predicted octanol–water partition coefficient (Wildman–Crippen LogP) is 4.41. The average Bonchev–Trinajstić information content (AvgIpc) is 2.44. The van der Waals surface area contributed by atoms with Gasteiger partial charge in [0, 0.05) is 5.56 Å². The molecule has 114 valence electrons. The highest BCUT2D eigenvalue weighted by Gasteiger charge is 2.19. The smallest absolute Gasteiger partial charge is 0.188 e. The van der Waals surface area contributed by atoms with Crippen molar-refractivity contribution in [1.82, 2.24) is 0 Å². The molecule has 0 radical (unpaired) electrons. The summed E-state index contributed by atoms with van der Waals surface area (Å²) in [5.41, 5.74) is 4.23. The topological polar surface area (TPSA) is 26.3 Å². The number of hydrogen-bond acceptors (Lipinski definition) is 2. The van der Waals surface area contributed by atoms with E-state index in [1.807, 2.05) is 19.9 Å². The average molecular weight is 286 g/mol. The number of Topliss-reactive ketones (excluding diaryl/α,β-unsaturated/α-hetero) is 1. The Labute approximate surface area is 128 Å². The fourth-order valence-corrected chi connectivity index (χ4v) is 2.88. The summed E-state index contributed by atoms with van der Waals surface area (Å²) < 4.78 is 5.70. The lowest BCUT2D eigenvalue weighted by Crippen LogP contribution is -2.22. The highest BCUT2D eigenvalue weighted by molar-refractivity contribution is 5.98. The van der Waals surface area contributed by atoms with Gasteiger partial charge in [-0.3, -0.25) is 4.79 Å². The summed E-state index contributed by atoms with van der Waals surface area (Å²) in [6.45, 7) is 9.24. The van der Waals surface area contributed by atoms with Crippen molar-refractivity contribution in [1.29, 1.82) is 0 Å². The zero-order valence-corrected chi connectivity index (χ0v) is 13.6. The lowest BCUT2D eigenvalue weighted by atomic mass is 9.85. The van der Waals surface area contributed by atoms with Crippen LogP contribution in [-0.4, -0.2) is 19.0 Å². The van der Waals surface area contributed by atoms with E-state index in [9.17, 15) is 4.79 Å². The molecule has 2 rings (SSSR count). The molecule has 0 aliphatic heterocycles. The van der Waals surface area contributed by atoms with Gasteiger partial charge in [0.2, 0.25) is 0 Å². The maximum absolute atomic E-state index is 12.3. The Morgan fingerprint density at radius 2 is 1.76 bits per heavy atom. The van der Waals surface area contributed by atoms with Crippen molar-refractivity contribution in [2.24, 2.45) is 11.8 Å². The normalized spacial score (nSPS) is 21.5. The van der Waals surface area contributed by atoms with Crippen LogP contribution in [0.5, 0.6) is 0 Å². The lowest BCUT2D eigenvalue weighted by molar-refractivity contribution is 0.0602. The fourth-order valence-electron chi connectivity index (χ4n) is 2.88. The molecule has 2 nitrogen and oxygen atoms in total. The molecule has 0 amide bonds. The number of carbonyl (C=O) groups excluding carboxylic acids is 1. The number of ketones is 1. The number of hydrogen-bond donors (Lipinski definition) is 0. The Morgan fingerprint density at radius 3 is 2.48 bits per heavy atom. The second kappa shape index (κ2) is 7.04. The standard InChI is InChI=1S/C19H26O2/c1-13-7-5-6-8-17(13)11-21-12-19(20)18-10-15(3)14(2)9-16(18)4/h5-6,9-10,13,17H,7-8,11-12H2,1-4H3. The minimum absolute atomic E-state index is 0.0922. The van der Waals surface area contributed by atoms with Crippen molar-refractivity contribution in [3.63, 3.8) is 0 Å². The van der Waals surface area contributed by atoms with Gasteiger partial charge in [-0.15, -0.1) is 0 Å². The van der Waals surface area contributed by atoms with Crippen LogP contribution in [-0.2, 0) is 4.74 Å². The summed E-state index contributed by atoms with van der Waals surface area (Å²) >= 11 is 0. The molecular weight excluding hydrogens is 260 g/mol. The molecule has 0 aromatic heterocycles. The van der Waals surface area contributed by atoms with Gasteiger partial charge >= 0.3 is 0 Å². The Kier molecular flexibility index (Phi) is 5.35. The number of ether oxygens (including phenoxy) is 1. The molecule has 0 bridgehead atoms. The molecule has 0 N–H and O–H groups in total. The van der Waals surface area contributed by atoms with E-state index in [2.05, 4.69) is 32.1 Å². The molecule has 1 aliphatic carbocycles. The number of carbonyl (C=O) groups is 1. The summed E-state index contributed by atoms with van der Waals surface area (Å²) in [6.07, 6.45) is 6.66. The van der Waals surface area contributed by atoms with E-state index < -0.39 is 0 Å². The van der Waals surface area contributed by atoms with E-state index in [-0.39, 0.29) is 12.4 Å². The van der Waals surface area contributed by atoms with Crippen molar-refractivity contribution in [3.05, 3.63) is 46.5 Å². The van der Waals surface area contributed by atoms with E-state index in [4.69, 9.17) is 4.74 Å². The molecule has 0 saturated carbocycles. The zero-order valence-electron chi connectivity index (χ0n) is 13.6. The first-order valence-electron chi connectivity index (χ1n) is 7.82. The van der Waals surface area contributed by atoms with Crippen LogP contribution in [0.2, 0.25) is 0 Å².